The lowest BCUT2D eigenvalue weighted by molar-refractivity contribution is -0.154. The first kappa shape index (κ1) is 19.1. The zero-order valence-electron chi connectivity index (χ0n) is 14.4. The zero-order valence-corrected chi connectivity index (χ0v) is 15.3. The summed E-state index contributed by atoms with van der Waals surface area (Å²) in [5, 5.41) is 9.06. The third-order valence-corrected chi connectivity index (χ3v) is 5.97. The number of hydrogen-bond acceptors (Lipinski definition) is 5. The third-order valence-electron chi connectivity index (χ3n) is 4.26. The number of sulfone groups is 1. The minimum atomic E-state index is -3.52. The molecule has 8 heteroatoms. The summed E-state index contributed by atoms with van der Waals surface area (Å²) in [6.07, 6.45) is -1.05. The summed E-state index contributed by atoms with van der Waals surface area (Å²) in [4.78, 5) is 25.4. The van der Waals surface area contributed by atoms with Gasteiger partial charge in [-0.15, -0.1) is 0 Å². The number of benzene rings is 2. The normalized spacial score (nSPS) is 17.5. The molecule has 0 aromatic heterocycles. The Morgan fingerprint density at radius 1 is 1.11 bits per heavy atom. The first-order valence-corrected chi connectivity index (χ1v) is 10.0. The molecule has 1 saturated heterocycles. The summed E-state index contributed by atoms with van der Waals surface area (Å²) in [5.41, 5.74) is 0.814. The number of hydrogen-bond donors (Lipinski definition) is 1. The molecule has 1 N–H and O–H groups in total. The van der Waals surface area contributed by atoms with E-state index in [0.717, 1.165) is 0 Å². The number of rotatable bonds is 5. The maximum Gasteiger partial charge on any atom is 0.334 e. The van der Waals surface area contributed by atoms with Crippen molar-refractivity contribution >= 4 is 21.7 Å². The van der Waals surface area contributed by atoms with E-state index in [1.54, 1.807) is 36.4 Å². The van der Waals surface area contributed by atoms with Gasteiger partial charge in [-0.1, -0.05) is 30.3 Å². The lowest BCUT2D eigenvalue weighted by Crippen LogP contribution is -2.48. The average Bonchev–Trinajstić information content (AvgIpc) is 2.68. The lowest BCUT2D eigenvalue weighted by Gasteiger charge is -2.31. The number of ether oxygens (including phenoxy) is 1. The average molecular weight is 389 g/mol. The van der Waals surface area contributed by atoms with Crippen LogP contribution in [0.4, 0.5) is 0 Å². The molecule has 3 rings (SSSR count). The Kier molecular flexibility index (Phi) is 5.57. The topological polar surface area (TPSA) is 101 Å². The molecule has 1 aliphatic heterocycles. The van der Waals surface area contributed by atoms with Crippen LogP contribution in [0.3, 0.4) is 0 Å². The number of aliphatic carboxylic acids is 1. The molecule has 0 aliphatic carbocycles. The SMILES string of the molecule is O=C(O)C1CN(C(=O)c2cccc(CS(=O)(=O)c3ccccc3)c2)CCO1. The maximum absolute atomic E-state index is 12.7. The van der Waals surface area contributed by atoms with Crippen LogP contribution in [-0.2, 0) is 25.1 Å². The molecule has 27 heavy (non-hydrogen) atoms. The fraction of sp³-hybridized carbons (Fsp3) is 0.263. The van der Waals surface area contributed by atoms with Crippen LogP contribution in [0.5, 0.6) is 0 Å². The predicted octanol–water partition coefficient (Wildman–Crippen LogP) is 1.59. The quantitative estimate of drug-likeness (QED) is 0.833. The number of amides is 1. The minimum absolute atomic E-state index is 0.0410. The molecule has 1 aliphatic rings. The van der Waals surface area contributed by atoms with E-state index in [1.807, 2.05) is 0 Å². The highest BCUT2D eigenvalue weighted by Gasteiger charge is 2.29. The fourth-order valence-electron chi connectivity index (χ4n) is 2.89. The van der Waals surface area contributed by atoms with Crippen LogP contribution in [0.2, 0.25) is 0 Å². The standard InChI is InChI=1S/C19H19NO6S/c21-18(20-9-10-26-17(12-20)19(22)23)15-6-4-5-14(11-15)13-27(24,25)16-7-2-1-3-8-16/h1-8,11,17H,9-10,12-13H2,(H,22,23). The van der Waals surface area contributed by atoms with Crippen molar-refractivity contribution in [3.8, 4) is 0 Å². The predicted molar refractivity (Wildman–Crippen MR) is 97.1 cm³/mol. The van der Waals surface area contributed by atoms with Crippen molar-refractivity contribution in [2.45, 2.75) is 16.8 Å². The van der Waals surface area contributed by atoms with Gasteiger partial charge >= 0.3 is 5.97 Å². The van der Waals surface area contributed by atoms with Crippen LogP contribution in [0.15, 0.2) is 59.5 Å². The van der Waals surface area contributed by atoms with Gasteiger partial charge in [0.1, 0.15) is 0 Å². The monoisotopic (exact) mass is 389 g/mol. The Labute approximate surface area is 157 Å². The molecule has 0 radical (unpaired) electrons. The molecule has 1 heterocycles. The lowest BCUT2D eigenvalue weighted by atomic mass is 10.1. The van der Waals surface area contributed by atoms with Gasteiger partial charge in [-0.25, -0.2) is 13.2 Å². The second-order valence-electron chi connectivity index (χ2n) is 6.22. The summed E-state index contributed by atoms with van der Waals surface area (Å²) >= 11 is 0. The van der Waals surface area contributed by atoms with Crippen molar-refractivity contribution in [1.82, 2.24) is 4.90 Å². The molecule has 0 bridgehead atoms. The van der Waals surface area contributed by atoms with Gasteiger partial charge in [-0.05, 0) is 29.8 Å². The minimum Gasteiger partial charge on any atom is -0.479 e. The van der Waals surface area contributed by atoms with Crippen LogP contribution < -0.4 is 0 Å². The number of carbonyl (C=O) groups excluding carboxylic acids is 1. The van der Waals surface area contributed by atoms with E-state index in [1.165, 1.54) is 23.1 Å². The highest BCUT2D eigenvalue weighted by atomic mass is 32.2. The number of carbonyl (C=O) groups is 2. The van der Waals surface area contributed by atoms with Crippen LogP contribution in [0.25, 0.3) is 0 Å². The van der Waals surface area contributed by atoms with Crippen LogP contribution in [0.1, 0.15) is 15.9 Å². The molecule has 1 atom stereocenters. The number of carboxylic acids is 1. The van der Waals surface area contributed by atoms with E-state index in [4.69, 9.17) is 9.84 Å². The molecule has 7 nitrogen and oxygen atoms in total. The third kappa shape index (κ3) is 4.53. The first-order chi connectivity index (χ1) is 12.9. The molecular weight excluding hydrogens is 370 g/mol. The Balaban J connectivity index is 1.77. The fourth-order valence-corrected chi connectivity index (χ4v) is 4.25. The van der Waals surface area contributed by atoms with Crippen molar-refractivity contribution in [2.75, 3.05) is 19.7 Å². The molecule has 2 aromatic rings. The molecule has 1 unspecified atom stereocenters. The zero-order chi connectivity index (χ0) is 19.4. The van der Waals surface area contributed by atoms with Gasteiger partial charge < -0.3 is 14.7 Å². The van der Waals surface area contributed by atoms with Crippen molar-refractivity contribution < 1.29 is 27.9 Å². The van der Waals surface area contributed by atoms with Crippen molar-refractivity contribution in [3.05, 3.63) is 65.7 Å². The van der Waals surface area contributed by atoms with Gasteiger partial charge in [0.2, 0.25) is 0 Å². The Morgan fingerprint density at radius 2 is 1.85 bits per heavy atom. The van der Waals surface area contributed by atoms with Crippen LogP contribution in [0, 0.1) is 0 Å². The Bertz CT molecular complexity index is 942. The van der Waals surface area contributed by atoms with Crippen LogP contribution in [-0.4, -0.2) is 56.1 Å². The van der Waals surface area contributed by atoms with E-state index >= 15 is 0 Å². The highest BCUT2D eigenvalue weighted by molar-refractivity contribution is 7.90. The first-order valence-electron chi connectivity index (χ1n) is 8.37. The Morgan fingerprint density at radius 3 is 2.56 bits per heavy atom. The summed E-state index contributed by atoms with van der Waals surface area (Å²) < 4.78 is 30.2. The molecule has 0 spiro atoms. The van der Waals surface area contributed by atoms with Gasteiger partial charge in [0.05, 0.1) is 23.8 Å². The van der Waals surface area contributed by atoms with Crippen molar-refractivity contribution in [3.63, 3.8) is 0 Å². The molecule has 1 fully saturated rings. The molecule has 1 amide bonds. The Hall–Kier alpha value is -2.71. The largest absolute Gasteiger partial charge is 0.479 e. The van der Waals surface area contributed by atoms with E-state index in [0.29, 0.717) is 11.1 Å². The summed E-state index contributed by atoms with van der Waals surface area (Å²) in [5.74, 6) is -1.68. The molecule has 0 saturated carbocycles. The van der Waals surface area contributed by atoms with Crippen LogP contribution >= 0.6 is 0 Å². The molecule has 142 valence electrons. The van der Waals surface area contributed by atoms with E-state index < -0.39 is 21.9 Å². The van der Waals surface area contributed by atoms with Crippen molar-refractivity contribution in [2.24, 2.45) is 0 Å². The van der Waals surface area contributed by atoms with E-state index in [9.17, 15) is 18.0 Å². The smallest absolute Gasteiger partial charge is 0.334 e. The summed E-state index contributed by atoms with van der Waals surface area (Å²) in [6.45, 7) is 0.390. The van der Waals surface area contributed by atoms with Gasteiger partial charge in [0.25, 0.3) is 5.91 Å². The summed E-state index contributed by atoms with van der Waals surface area (Å²) in [6, 6.07) is 14.5. The summed E-state index contributed by atoms with van der Waals surface area (Å²) in [7, 11) is -3.52. The maximum atomic E-state index is 12.7. The highest BCUT2D eigenvalue weighted by Crippen LogP contribution is 2.18. The number of carboxylic acid groups (broad SMARTS) is 1. The van der Waals surface area contributed by atoms with Gasteiger partial charge in [-0.2, -0.15) is 0 Å². The van der Waals surface area contributed by atoms with Gasteiger partial charge in [0.15, 0.2) is 15.9 Å². The second kappa shape index (κ2) is 7.89. The molecule has 2 aromatic carbocycles. The van der Waals surface area contributed by atoms with E-state index in [2.05, 4.69) is 0 Å². The molecular formula is C19H19NO6S. The van der Waals surface area contributed by atoms with Gasteiger partial charge in [-0.3, -0.25) is 4.79 Å². The number of morpholine rings is 1. The van der Waals surface area contributed by atoms with Gasteiger partial charge in [0, 0.05) is 12.1 Å². The second-order valence-corrected chi connectivity index (χ2v) is 8.21. The van der Waals surface area contributed by atoms with E-state index in [-0.39, 0.29) is 36.3 Å². The number of nitrogens with zero attached hydrogens (tertiary/aromatic N) is 1. The van der Waals surface area contributed by atoms with Crippen molar-refractivity contribution in [1.29, 1.82) is 0 Å².